The molecule has 4 rings (SSSR count). The Morgan fingerprint density at radius 2 is 1.74 bits per heavy atom. The van der Waals surface area contributed by atoms with Crippen molar-refractivity contribution < 1.29 is 19.0 Å². The molecule has 0 bridgehead atoms. The van der Waals surface area contributed by atoms with Gasteiger partial charge in [-0.2, -0.15) is 0 Å². The fourth-order valence-corrected chi connectivity index (χ4v) is 3.72. The summed E-state index contributed by atoms with van der Waals surface area (Å²) < 4.78 is 17.1. The zero-order chi connectivity index (χ0) is 21.5. The summed E-state index contributed by atoms with van der Waals surface area (Å²) in [6.45, 7) is 2.33. The first kappa shape index (κ1) is 20.7. The molecule has 1 aliphatic carbocycles. The lowest BCUT2D eigenvalue weighted by Gasteiger charge is -2.19. The summed E-state index contributed by atoms with van der Waals surface area (Å²) in [6, 6.07) is 23.9. The highest BCUT2D eigenvalue weighted by atomic mass is 16.5. The Morgan fingerprint density at radius 3 is 2.58 bits per heavy atom. The first-order valence-electron chi connectivity index (χ1n) is 10.6. The molecule has 0 aromatic heterocycles. The predicted molar refractivity (Wildman–Crippen MR) is 121 cm³/mol. The Hall–Kier alpha value is -3.53. The van der Waals surface area contributed by atoms with E-state index >= 15 is 0 Å². The summed E-state index contributed by atoms with van der Waals surface area (Å²) >= 11 is 0. The van der Waals surface area contributed by atoms with E-state index in [0.29, 0.717) is 13.2 Å². The average molecular weight is 415 g/mol. The zero-order valence-electron chi connectivity index (χ0n) is 17.7. The van der Waals surface area contributed by atoms with E-state index < -0.39 is 0 Å². The van der Waals surface area contributed by atoms with Crippen molar-refractivity contribution in [3.63, 3.8) is 0 Å². The monoisotopic (exact) mass is 414 g/mol. The molecule has 3 aromatic carbocycles. The van der Waals surface area contributed by atoms with Crippen LogP contribution in [0.1, 0.15) is 36.5 Å². The summed E-state index contributed by atoms with van der Waals surface area (Å²) in [4.78, 5) is 11.0. The van der Waals surface area contributed by atoms with Crippen LogP contribution in [0.15, 0.2) is 78.9 Å². The van der Waals surface area contributed by atoms with Crippen molar-refractivity contribution in [2.45, 2.75) is 32.8 Å². The van der Waals surface area contributed by atoms with Crippen molar-refractivity contribution in [1.29, 1.82) is 0 Å². The van der Waals surface area contributed by atoms with Gasteiger partial charge in [0.25, 0.3) is 0 Å². The highest BCUT2D eigenvalue weighted by Crippen LogP contribution is 2.32. The van der Waals surface area contributed by atoms with Gasteiger partial charge in [0.05, 0.1) is 6.61 Å². The molecule has 0 radical (unpaired) electrons. The molecule has 4 nitrogen and oxygen atoms in total. The average Bonchev–Trinajstić information content (AvgIpc) is 2.78. The van der Waals surface area contributed by atoms with E-state index in [1.54, 1.807) is 0 Å². The highest BCUT2D eigenvalue weighted by molar-refractivity contribution is 5.71. The van der Waals surface area contributed by atoms with Crippen LogP contribution in [0, 0.1) is 0 Å². The van der Waals surface area contributed by atoms with E-state index in [2.05, 4.69) is 18.2 Å². The largest absolute Gasteiger partial charge is 0.489 e. The van der Waals surface area contributed by atoms with Crippen molar-refractivity contribution in [3.05, 3.63) is 95.6 Å². The highest BCUT2D eigenvalue weighted by Gasteiger charge is 2.14. The predicted octanol–water partition coefficient (Wildman–Crippen LogP) is 6.34. The molecule has 3 aromatic rings. The maximum absolute atomic E-state index is 11.0. The number of rotatable bonds is 8. The van der Waals surface area contributed by atoms with Crippen molar-refractivity contribution in [2.24, 2.45) is 0 Å². The summed E-state index contributed by atoms with van der Waals surface area (Å²) in [5.74, 6) is 2.22. The van der Waals surface area contributed by atoms with Gasteiger partial charge in [-0.25, -0.2) is 0 Å². The molecule has 4 heteroatoms. The standard InChI is InChI=1S/C27H26O4/c1-20(28)29-16-15-22-8-6-9-23-18-25(13-14-27(22)23)30-19-21-7-5-12-26(17-21)31-24-10-3-2-4-11-24/h2-5,7-8,10-14,17-18H,6,9,15-16,19H2,1H3. The Morgan fingerprint density at radius 1 is 0.903 bits per heavy atom. The third-order valence-electron chi connectivity index (χ3n) is 5.19. The fraction of sp³-hybridized carbons (Fsp3) is 0.222. The Bertz CT molecular complexity index is 1070. The van der Waals surface area contributed by atoms with Crippen LogP contribution in [0.5, 0.6) is 17.2 Å². The molecule has 0 spiro atoms. The van der Waals surface area contributed by atoms with E-state index in [9.17, 15) is 4.79 Å². The van der Waals surface area contributed by atoms with Crippen LogP contribution in [0.4, 0.5) is 0 Å². The summed E-state index contributed by atoms with van der Waals surface area (Å²) in [6.07, 6.45) is 4.96. The topological polar surface area (TPSA) is 44.8 Å². The summed E-state index contributed by atoms with van der Waals surface area (Å²) in [5, 5.41) is 0. The van der Waals surface area contributed by atoms with Gasteiger partial charge in [0.1, 0.15) is 23.9 Å². The summed E-state index contributed by atoms with van der Waals surface area (Å²) in [7, 11) is 0. The number of ether oxygens (including phenoxy) is 3. The molecular weight excluding hydrogens is 388 g/mol. The number of esters is 1. The number of hydrogen-bond donors (Lipinski definition) is 0. The van der Waals surface area contributed by atoms with Crippen LogP contribution in [0.3, 0.4) is 0 Å². The van der Waals surface area contributed by atoms with Gasteiger partial charge in [-0.3, -0.25) is 4.79 Å². The maximum atomic E-state index is 11.0. The van der Waals surface area contributed by atoms with Crippen molar-refractivity contribution in [1.82, 2.24) is 0 Å². The van der Waals surface area contributed by atoms with E-state index in [4.69, 9.17) is 14.2 Å². The van der Waals surface area contributed by atoms with E-state index in [-0.39, 0.29) is 5.97 Å². The molecule has 0 fully saturated rings. The lowest BCUT2D eigenvalue weighted by Crippen LogP contribution is -2.06. The van der Waals surface area contributed by atoms with Crippen LogP contribution in [-0.4, -0.2) is 12.6 Å². The van der Waals surface area contributed by atoms with Gasteiger partial charge in [0.2, 0.25) is 0 Å². The fourth-order valence-electron chi connectivity index (χ4n) is 3.72. The minimum absolute atomic E-state index is 0.237. The molecule has 0 atom stereocenters. The first-order valence-corrected chi connectivity index (χ1v) is 10.6. The second-order valence-corrected chi connectivity index (χ2v) is 7.53. The molecule has 0 saturated carbocycles. The molecule has 0 amide bonds. The van der Waals surface area contributed by atoms with Gasteiger partial charge in [-0.15, -0.1) is 0 Å². The number of carbonyl (C=O) groups is 1. The van der Waals surface area contributed by atoms with Crippen LogP contribution in [0.2, 0.25) is 0 Å². The lowest BCUT2D eigenvalue weighted by atomic mass is 9.89. The third kappa shape index (κ3) is 5.76. The number of allylic oxidation sites excluding steroid dienone is 1. The summed E-state index contributed by atoms with van der Waals surface area (Å²) in [5.41, 5.74) is 4.79. The number of carbonyl (C=O) groups excluding carboxylic acids is 1. The van der Waals surface area contributed by atoms with Crippen molar-refractivity contribution >= 4 is 11.5 Å². The van der Waals surface area contributed by atoms with Gasteiger partial charge in [0.15, 0.2) is 0 Å². The Kier molecular flexibility index (Phi) is 6.68. The molecule has 0 saturated heterocycles. The van der Waals surface area contributed by atoms with E-state index in [1.807, 2.05) is 60.7 Å². The van der Waals surface area contributed by atoms with E-state index in [0.717, 1.165) is 42.1 Å². The number of para-hydroxylation sites is 1. The normalized spacial score (nSPS) is 12.5. The minimum Gasteiger partial charge on any atom is -0.489 e. The molecule has 158 valence electrons. The van der Waals surface area contributed by atoms with Crippen LogP contribution in [-0.2, 0) is 22.6 Å². The number of aryl methyl sites for hydroxylation is 1. The maximum Gasteiger partial charge on any atom is 0.302 e. The zero-order valence-corrected chi connectivity index (χ0v) is 17.7. The van der Waals surface area contributed by atoms with Crippen LogP contribution < -0.4 is 9.47 Å². The molecule has 0 heterocycles. The lowest BCUT2D eigenvalue weighted by molar-refractivity contribution is -0.140. The third-order valence-corrected chi connectivity index (χ3v) is 5.19. The molecule has 0 aliphatic heterocycles. The van der Waals surface area contributed by atoms with E-state index in [1.165, 1.54) is 23.6 Å². The van der Waals surface area contributed by atoms with Gasteiger partial charge in [0, 0.05) is 13.3 Å². The number of fused-ring (bicyclic) bond motifs is 1. The van der Waals surface area contributed by atoms with Gasteiger partial charge in [-0.1, -0.05) is 42.5 Å². The van der Waals surface area contributed by atoms with Crippen LogP contribution in [0.25, 0.3) is 5.57 Å². The van der Waals surface area contributed by atoms with Gasteiger partial charge >= 0.3 is 5.97 Å². The Balaban J connectivity index is 1.38. The molecule has 31 heavy (non-hydrogen) atoms. The SMILES string of the molecule is CC(=O)OCCC1=CCCc2cc(OCc3cccc(Oc4ccccc4)c3)ccc21. The second-order valence-electron chi connectivity index (χ2n) is 7.53. The number of hydrogen-bond acceptors (Lipinski definition) is 4. The van der Waals surface area contributed by atoms with Crippen molar-refractivity contribution in [3.8, 4) is 17.2 Å². The quantitative estimate of drug-likeness (QED) is 0.403. The van der Waals surface area contributed by atoms with Gasteiger partial charge < -0.3 is 14.2 Å². The van der Waals surface area contributed by atoms with Crippen molar-refractivity contribution in [2.75, 3.05) is 6.61 Å². The van der Waals surface area contributed by atoms with Gasteiger partial charge in [-0.05, 0) is 71.5 Å². The Labute approximate surface area is 183 Å². The van der Waals surface area contributed by atoms with Crippen LogP contribution >= 0.6 is 0 Å². The molecular formula is C27H26O4. The number of benzene rings is 3. The minimum atomic E-state index is -0.237. The first-order chi connectivity index (χ1) is 15.2. The smallest absolute Gasteiger partial charge is 0.302 e. The molecule has 0 unspecified atom stereocenters. The second kappa shape index (κ2) is 9.98. The molecule has 1 aliphatic rings. The molecule has 0 N–H and O–H groups in total.